The van der Waals surface area contributed by atoms with Gasteiger partial charge in [-0.2, -0.15) is 0 Å². The molecule has 138 valence electrons. The van der Waals surface area contributed by atoms with Crippen LogP contribution in [0.25, 0.3) is 0 Å². The summed E-state index contributed by atoms with van der Waals surface area (Å²) in [5.41, 5.74) is 2.23. The monoisotopic (exact) mass is 372 g/mol. The van der Waals surface area contributed by atoms with Gasteiger partial charge in [-0.25, -0.2) is 0 Å². The molecule has 0 aliphatic carbocycles. The van der Waals surface area contributed by atoms with Gasteiger partial charge in [-0.3, -0.25) is 9.79 Å². The number of halogens is 1. The van der Waals surface area contributed by atoms with Gasteiger partial charge in [0.1, 0.15) is 0 Å². The first-order valence-electron chi connectivity index (χ1n) is 8.55. The van der Waals surface area contributed by atoms with E-state index in [1.54, 1.807) is 11.9 Å². The van der Waals surface area contributed by atoms with E-state index < -0.39 is 0 Å². The molecule has 0 saturated carbocycles. The molecular weight excluding hydrogens is 348 g/mol. The van der Waals surface area contributed by atoms with E-state index in [1.165, 1.54) is 0 Å². The van der Waals surface area contributed by atoms with Crippen LogP contribution >= 0.6 is 11.6 Å². The second-order valence-electron chi connectivity index (χ2n) is 5.96. The number of benzene rings is 2. The molecule has 2 aromatic rings. The number of rotatable bonds is 7. The summed E-state index contributed by atoms with van der Waals surface area (Å²) in [5, 5.41) is 7.10. The molecule has 2 rings (SSSR count). The highest BCUT2D eigenvalue weighted by molar-refractivity contribution is 6.30. The van der Waals surface area contributed by atoms with Gasteiger partial charge in [-0.15, -0.1) is 0 Å². The smallest absolute Gasteiger partial charge is 0.224 e. The quantitative estimate of drug-likeness (QED) is 0.580. The fourth-order valence-corrected chi connectivity index (χ4v) is 2.56. The number of guanidine groups is 1. The van der Waals surface area contributed by atoms with Gasteiger partial charge in [0.2, 0.25) is 5.91 Å². The van der Waals surface area contributed by atoms with Crippen molar-refractivity contribution in [1.82, 2.24) is 15.5 Å². The van der Waals surface area contributed by atoms with Gasteiger partial charge >= 0.3 is 0 Å². The first kappa shape index (κ1) is 19.8. The Balaban J connectivity index is 1.70. The minimum atomic E-state index is 0.0921. The van der Waals surface area contributed by atoms with E-state index in [1.807, 2.05) is 61.6 Å². The zero-order valence-electron chi connectivity index (χ0n) is 15.2. The summed E-state index contributed by atoms with van der Waals surface area (Å²) in [7, 11) is 3.53. The van der Waals surface area contributed by atoms with E-state index in [0.717, 1.165) is 16.1 Å². The molecule has 0 aromatic heterocycles. The number of carbonyl (C=O) groups is 1. The molecule has 0 saturated heterocycles. The standard InChI is InChI=1S/C20H25ClN4O/c1-22-20(24-14-16-8-10-18(21)11-9-16)23-13-12-19(26)25(2)15-17-6-4-3-5-7-17/h3-11H,12-15H2,1-2H3,(H2,22,23,24). The minimum absolute atomic E-state index is 0.0921. The van der Waals surface area contributed by atoms with Crippen LogP contribution in [-0.4, -0.2) is 37.4 Å². The van der Waals surface area contributed by atoms with E-state index in [0.29, 0.717) is 32.0 Å². The molecule has 0 fully saturated rings. The molecule has 5 nitrogen and oxygen atoms in total. The third kappa shape index (κ3) is 6.76. The Labute approximate surface area is 160 Å². The van der Waals surface area contributed by atoms with Crippen LogP contribution in [0.15, 0.2) is 59.6 Å². The maximum atomic E-state index is 12.2. The normalized spacial score (nSPS) is 11.1. The lowest BCUT2D eigenvalue weighted by atomic mass is 10.2. The van der Waals surface area contributed by atoms with Crippen LogP contribution < -0.4 is 10.6 Å². The molecule has 1 amide bonds. The summed E-state index contributed by atoms with van der Waals surface area (Å²) in [4.78, 5) is 18.2. The van der Waals surface area contributed by atoms with Crippen molar-refractivity contribution in [1.29, 1.82) is 0 Å². The van der Waals surface area contributed by atoms with Crippen LogP contribution in [0.2, 0.25) is 5.02 Å². The van der Waals surface area contributed by atoms with Crippen molar-refractivity contribution in [3.05, 3.63) is 70.7 Å². The lowest BCUT2D eigenvalue weighted by Gasteiger charge is -2.18. The molecule has 0 aliphatic rings. The van der Waals surface area contributed by atoms with Gasteiger partial charge in [0, 0.05) is 45.2 Å². The van der Waals surface area contributed by atoms with Gasteiger partial charge in [0.05, 0.1) is 0 Å². The van der Waals surface area contributed by atoms with Gasteiger partial charge in [-0.1, -0.05) is 54.1 Å². The Morgan fingerprint density at radius 2 is 1.73 bits per heavy atom. The fraction of sp³-hybridized carbons (Fsp3) is 0.300. The maximum absolute atomic E-state index is 12.2. The number of aliphatic imine (C=N–C) groups is 1. The highest BCUT2D eigenvalue weighted by Gasteiger charge is 2.09. The fourth-order valence-electron chi connectivity index (χ4n) is 2.43. The molecule has 0 spiro atoms. The van der Waals surface area contributed by atoms with Crippen LogP contribution in [0.3, 0.4) is 0 Å². The number of hydrogen-bond donors (Lipinski definition) is 2. The molecule has 0 unspecified atom stereocenters. The van der Waals surface area contributed by atoms with E-state index in [9.17, 15) is 4.79 Å². The summed E-state index contributed by atoms with van der Waals surface area (Å²) in [6.07, 6.45) is 0.408. The van der Waals surface area contributed by atoms with Crippen molar-refractivity contribution in [2.24, 2.45) is 4.99 Å². The van der Waals surface area contributed by atoms with Crippen molar-refractivity contribution in [2.45, 2.75) is 19.5 Å². The van der Waals surface area contributed by atoms with E-state index in [-0.39, 0.29) is 5.91 Å². The summed E-state index contributed by atoms with van der Waals surface area (Å²) < 4.78 is 0. The average Bonchev–Trinajstić information content (AvgIpc) is 2.66. The van der Waals surface area contributed by atoms with Crippen molar-refractivity contribution >= 4 is 23.5 Å². The van der Waals surface area contributed by atoms with Crippen LogP contribution in [-0.2, 0) is 17.9 Å². The van der Waals surface area contributed by atoms with Gasteiger partial charge in [-0.05, 0) is 23.3 Å². The zero-order valence-corrected chi connectivity index (χ0v) is 16.0. The average molecular weight is 373 g/mol. The lowest BCUT2D eigenvalue weighted by molar-refractivity contribution is -0.130. The van der Waals surface area contributed by atoms with Crippen LogP contribution in [0.1, 0.15) is 17.5 Å². The summed E-state index contributed by atoms with van der Waals surface area (Å²) in [6, 6.07) is 17.6. The van der Waals surface area contributed by atoms with E-state index in [4.69, 9.17) is 11.6 Å². The van der Waals surface area contributed by atoms with E-state index >= 15 is 0 Å². The number of amides is 1. The molecule has 26 heavy (non-hydrogen) atoms. The number of nitrogens with one attached hydrogen (secondary N) is 2. The molecule has 0 heterocycles. The maximum Gasteiger partial charge on any atom is 0.224 e. The third-order valence-corrected chi connectivity index (χ3v) is 4.17. The van der Waals surface area contributed by atoms with Crippen molar-refractivity contribution in [2.75, 3.05) is 20.6 Å². The van der Waals surface area contributed by atoms with E-state index in [2.05, 4.69) is 15.6 Å². The first-order chi connectivity index (χ1) is 12.6. The highest BCUT2D eigenvalue weighted by Crippen LogP contribution is 2.09. The van der Waals surface area contributed by atoms with Crippen molar-refractivity contribution < 1.29 is 4.79 Å². The van der Waals surface area contributed by atoms with Crippen molar-refractivity contribution in [3.63, 3.8) is 0 Å². The Hall–Kier alpha value is -2.53. The SMILES string of the molecule is CN=C(NCCC(=O)N(C)Cc1ccccc1)NCc1ccc(Cl)cc1. The topological polar surface area (TPSA) is 56.7 Å². The Kier molecular flexibility index (Phi) is 7.96. The molecule has 0 bridgehead atoms. The predicted octanol–water partition coefficient (Wildman–Crippen LogP) is 3.05. The molecule has 2 aromatic carbocycles. The highest BCUT2D eigenvalue weighted by atomic mass is 35.5. The summed E-state index contributed by atoms with van der Waals surface area (Å²) in [5.74, 6) is 0.757. The second kappa shape index (κ2) is 10.5. The zero-order chi connectivity index (χ0) is 18.8. The molecule has 6 heteroatoms. The molecule has 0 atom stereocenters. The largest absolute Gasteiger partial charge is 0.356 e. The molecule has 2 N–H and O–H groups in total. The Morgan fingerprint density at radius 3 is 2.38 bits per heavy atom. The Bertz CT molecular complexity index is 716. The summed E-state index contributed by atoms with van der Waals surface area (Å²) >= 11 is 5.88. The van der Waals surface area contributed by atoms with Crippen LogP contribution in [0.5, 0.6) is 0 Å². The predicted molar refractivity (Wildman–Crippen MR) is 107 cm³/mol. The third-order valence-electron chi connectivity index (χ3n) is 3.92. The Morgan fingerprint density at radius 1 is 1.04 bits per heavy atom. The first-order valence-corrected chi connectivity index (χ1v) is 8.93. The molecule has 0 aliphatic heterocycles. The minimum Gasteiger partial charge on any atom is -0.356 e. The van der Waals surface area contributed by atoms with Crippen molar-refractivity contribution in [3.8, 4) is 0 Å². The van der Waals surface area contributed by atoms with Crippen LogP contribution in [0.4, 0.5) is 0 Å². The number of hydrogen-bond acceptors (Lipinski definition) is 2. The van der Waals surface area contributed by atoms with Gasteiger partial charge in [0.25, 0.3) is 0 Å². The van der Waals surface area contributed by atoms with Gasteiger partial charge in [0.15, 0.2) is 5.96 Å². The van der Waals surface area contributed by atoms with Crippen LogP contribution in [0, 0.1) is 0 Å². The second-order valence-corrected chi connectivity index (χ2v) is 6.40. The van der Waals surface area contributed by atoms with Gasteiger partial charge < -0.3 is 15.5 Å². The molecular formula is C20H25ClN4O. The lowest BCUT2D eigenvalue weighted by Crippen LogP contribution is -2.39. The summed E-state index contributed by atoms with van der Waals surface area (Å²) in [6.45, 7) is 1.78. The number of nitrogens with zero attached hydrogens (tertiary/aromatic N) is 2. The molecule has 0 radical (unpaired) electrons. The number of carbonyl (C=O) groups excluding carboxylic acids is 1.